The first kappa shape index (κ1) is 14.5. The molecule has 1 rings (SSSR count). The second-order valence-electron chi connectivity index (χ2n) is 6.22. The molecule has 1 N–H and O–H groups in total. The Bertz CT molecular complexity index is 265. The molecule has 0 aliphatic heterocycles. The standard InChI is InChI=1S/C14H27NO2/c1-6-15(14(4,5)13(16)17)12-8-10(2)7-11(3)9-12/h10-12H,6-9H2,1-5H3,(H,16,17). The molecule has 1 fully saturated rings. The van der Waals surface area contributed by atoms with E-state index in [-0.39, 0.29) is 0 Å². The van der Waals surface area contributed by atoms with Gasteiger partial charge in [0.15, 0.2) is 0 Å². The van der Waals surface area contributed by atoms with Gasteiger partial charge in [-0.25, -0.2) is 0 Å². The van der Waals surface area contributed by atoms with E-state index in [1.165, 1.54) is 6.42 Å². The fraction of sp³-hybridized carbons (Fsp3) is 0.929. The molecule has 0 heterocycles. The third-order valence-electron chi connectivity index (χ3n) is 4.18. The maximum Gasteiger partial charge on any atom is 0.323 e. The number of aliphatic carboxylic acids is 1. The van der Waals surface area contributed by atoms with Crippen molar-refractivity contribution >= 4 is 5.97 Å². The summed E-state index contributed by atoms with van der Waals surface area (Å²) >= 11 is 0. The fourth-order valence-electron chi connectivity index (χ4n) is 3.39. The van der Waals surface area contributed by atoms with Crippen LogP contribution in [-0.4, -0.2) is 34.1 Å². The van der Waals surface area contributed by atoms with Crippen LogP contribution in [-0.2, 0) is 4.79 Å². The van der Waals surface area contributed by atoms with E-state index in [1.54, 1.807) is 0 Å². The number of rotatable bonds is 4. The molecule has 0 radical (unpaired) electrons. The Morgan fingerprint density at radius 2 is 1.71 bits per heavy atom. The second-order valence-corrected chi connectivity index (χ2v) is 6.22. The van der Waals surface area contributed by atoms with Crippen LogP contribution in [0.5, 0.6) is 0 Å². The van der Waals surface area contributed by atoms with Gasteiger partial charge in [0.05, 0.1) is 0 Å². The van der Waals surface area contributed by atoms with E-state index >= 15 is 0 Å². The van der Waals surface area contributed by atoms with Gasteiger partial charge in [-0.05, 0) is 51.5 Å². The summed E-state index contributed by atoms with van der Waals surface area (Å²) in [7, 11) is 0. The van der Waals surface area contributed by atoms with Crippen molar-refractivity contribution in [3.05, 3.63) is 0 Å². The summed E-state index contributed by atoms with van der Waals surface area (Å²) in [4.78, 5) is 13.6. The number of hydrogen-bond acceptors (Lipinski definition) is 2. The zero-order chi connectivity index (χ0) is 13.2. The fourth-order valence-corrected chi connectivity index (χ4v) is 3.39. The lowest BCUT2D eigenvalue weighted by molar-refractivity contribution is -0.152. The highest BCUT2D eigenvalue weighted by atomic mass is 16.4. The lowest BCUT2D eigenvalue weighted by Gasteiger charge is -2.45. The van der Waals surface area contributed by atoms with E-state index < -0.39 is 11.5 Å². The molecule has 1 aliphatic rings. The Hall–Kier alpha value is -0.570. The molecule has 1 saturated carbocycles. The molecular formula is C14H27NO2. The average molecular weight is 241 g/mol. The van der Waals surface area contributed by atoms with Crippen LogP contribution in [0, 0.1) is 11.8 Å². The van der Waals surface area contributed by atoms with E-state index in [0.717, 1.165) is 19.4 Å². The second kappa shape index (κ2) is 5.38. The van der Waals surface area contributed by atoms with Gasteiger partial charge in [0, 0.05) is 6.04 Å². The van der Waals surface area contributed by atoms with Crippen LogP contribution in [0.25, 0.3) is 0 Å². The molecule has 0 spiro atoms. The van der Waals surface area contributed by atoms with Gasteiger partial charge in [-0.15, -0.1) is 0 Å². The molecule has 100 valence electrons. The first-order valence-corrected chi connectivity index (χ1v) is 6.79. The van der Waals surface area contributed by atoms with Crippen LogP contribution >= 0.6 is 0 Å². The topological polar surface area (TPSA) is 40.5 Å². The Labute approximate surface area is 105 Å². The Morgan fingerprint density at radius 3 is 2.06 bits per heavy atom. The van der Waals surface area contributed by atoms with Crippen LogP contribution < -0.4 is 0 Å². The SMILES string of the molecule is CCN(C1CC(C)CC(C)C1)C(C)(C)C(=O)O. The van der Waals surface area contributed by atoms with Crippen LogP contribution in [0.4, 0.5) is 0 Å². The third kappa shape index (κ3) is 3.21. The summed E-state index contributed by atoms with van der Waals surface area (Å²) < 4.78 is 0. The van der Waals surface area contributed by atoms with Gasteiger partial charge < -0.3 is 5.11 Å². The van der Waals surface area contributed by atoms with Gasteiger partial charge in [-0.2, -0.15) is 0 Å². The highest BCUT2D eigenvalue weighted by Gasteiger charge is 2.40. The highest BCUT2D eigenvalue weighted by Crippen LogP contribution is 2.34. The summed E-state index contributed by atoms with van der Waals surface area (Å²) in [6.45, 7) is 11.1. The van der Waals surface area contributed by atoms with Crippen LogP contribution in [0.1, 0.15) is 53.9 Å². The van der Waals surface area contributed by atoms with E-state index in [2.05, 4.69) is 25.7 Å². The van der Waals surface area contributed by atoms with Gasteiger partial charge >= 0.3 is 5.97 Å². The van der Waals surface area contributed by atoms with Crippen molar-refractivity contribution < 1.29 is 9.90 Å². The number of nitrogens with zero attached hydrogens (tertiary/aromatic N) is 1. The molecule has 3 heteroatoms. The Morgan fingerprint density at radius 1 is 1.24 bits per heavy atom. The van der Waals surface area contributed by atoms with Crippen molar-refractivity contribution in [1.29, 1.82) is 0 Å². The molecule has 0 aromatic heterocycles. The highest BCUT2D eigenvalue weighted by molar-refractivity contribution is 5.77. The molecule has 2 unspecified atom stereocenters. The maximum absolute atomic E-state index is 11.4. The van der Waals surface area contributed by atoms with Gasteiger partial charge in [0.1, 0.15) is 5.54 Å². The van der Waals surface area contributed by atoms with Crippen LogP contribution in [0.15, 0.2) is 0 Å². The van der Waals surface area contributed by atoms with E-state index in [1.807, 2.05) is 13.8 Å². The molecule has 1 aliphatic carbocycles. The predicted octanol–water partition coefficient (Wildman–Crippen LogP) is 3.00. The van der Waals surface area contributed by atoms with E-state index in [0.29, 0.717) is 17.9 Å². The zero-order valence-corrected chi connectivity index (χ0v) is 11.9. The largest absolute Gasteiger partial charge is 0.480 e. The normalized spacial score (nSPS) is 30.6. The predicted molar refractivity (Wildman–Crippen MR) is 70.1 cm³/mol. The van der Waals surface area contributed by atoms with Gasteiger partial charge in [-0.1, -0.05) is 20.8 Å². The van der Waals surface area contributed by atoms with E-state index in [4.69, 9.17) is 0 Å². The number of carboxylic acid groups (broad SMARTS) is 1. The lowest BCUT2D eigenvalue weighted by Crippen LogP contribution is -2.56. The van der Waals surface area contributed by atoms with Crippen molar-refractivity contribution in [3.63, 3.8) is 0 Å². The maximum atomic E-state index is 11.4. The minimum atomic E-state index is -0.754. The Kier molecular flexibility index (Phi) is 4.59. The summed E-state index contributed by atoms with van der Waals surface area (Å²) in [6.07, 6.45) is 3.55. The van der Waals surface area contributed by atoms with Crippen molar-refractivity contribution in [1.82, 2.24) is 4.90 Å². The number of carboxylic acids is 1. The van der Waals surface area contributed by atoms with E-state index in [9.17, 15) is 9.90 Å². The smallest absolute Gasteiger partial charge is 0.323 e. The number of hydrogen-bond donors (Lipinski definition) is 1. The lowest BCUT2D eigenvalue weighted by atomic mass is 9.78. The minimum absolute atomic E-state index is 0.421. The van der Waals surface area contributed by atoms with Crippen molar-refractivity contribution in [2.75, 3.05) is 6.54 Å². The molecule has 0 saturated heterocycles. The van der Waals surface area contributed by atoms with Crippen molar-refractivity contribution in [2.24, 2.45) is 11.8 Å². The third-order valence-corrected chi connectivity index (χ3v) is 4.18. The van der Waals surface area contributed by atoms with Gasteiger partial charge in [-0.3, -0.25) is 9.69 Å². The number of carbonyl (C=O) groups is 1. The van der Waals surface area contributed by atoms with Gasteiger partial charge in [0.2, 0.25) is 0 Å². The molecule has 0 bridgehead atoms. The summed E-state index contributed by atoms with van der Waals surface area (Å²) in [5.74, 6) is 0.704. The molecule has 3 nitrogen and oxygen atoms in total. The molecule has 2 atom stereocenters. The monoisotopic (exact) mass is 241 g/mol. The van der Waals surface area contributed by atoms with Crippen LogP contribution in [0.3, 0.4) is 0 Å². The molecule has 0 aromatic rings. The first-order chi connectivity index (χ1) is 7.78. The molecule has 17 heavy (non-hydrogen) atoms. The van der Waals surface area contributed by atoms with Crippen molar-refractivity contribution in [3.8, 4) is 0 Å². The minimum Gasteiger partial charge on any atom is -0.480 e. The summed E-state index contributed by atoms with van der Waals surface area (Å²) in [5.41, 5.74) is -0.754. The number of likely N-dealkylation sites (N-methyl/N-ethyl adjacent to an activating group) is 1. The summed E-state index contributed by atoms with van der Waals surface area (Å²) in [5, 5.41) is 9.36. The Balaban J connectivity index is 2.83. The molecule has 0 amide bonds. The average Bonchev–Trinajstić information content (AvgIpc) is 2.16. The van der Waals surface area contributed by atoms with Crippen molar-refractivity contribution in [2.45, 2.75) is 65.5 Å². The molecular weight excluding hydrogens is 214 g/mol. The zero-order valence-electron chi connectivity index (χ0n) is 11.9. The first-order valence-electron chi connectivity index (χ1n) is 6.79. The van der Waals surface area contributed by atoms with Crippen LogP contribution in [0.2, 0.25) is 0 Å². The molecule has 0 aromatic carbocycles. The quantitative estimate of drug-likeness (QED) is 0.822. The summed E-state index contributed by atoms with van der Waals surface area (Å²) in [6, 6.07) is 0.421. The van der Waals surface area contributed by atoms with Gasteiger partial charge in [0.25, 0.3) is 0 Å².